The van der Waals surface area contributed by atoms with Gasteiger partial charge in [-0.15, -0.1) is 0 Å². The third-order valence-corrected chi connectivity index (χ3v) is 3.17. The fourth-order valence-electron chi connectivity index (χ4n) is 2.31. The molecule has 0 amide bonds. The largest absolute Gasteiger partial charge is 0.461 e. The third-order valence-electron chi connectivity index (χ3n) is 3.17. The fraction of sp³-hybridized carbons (Fsp3) is 0.409. The number of pyridine rings is 1. The van der Waals surface area contributed by atoms with E-state index in [0.717, 1.165) is 22.3 Å². The van der Waals surface area contributed by atoms with Crippen LogP contribution in [-0.2, 0) is 4.74 Å². The molecule has 0 atom stereocenters. The molecule has 0 aliphatic heterocycles. The van der Waals surface area contributed by atoms with Gasteiger partial charge in [0.05, 0.1) is 23.5 Å². The zero-order valence-electron chi connectivity index (χ0n) is 17.9. The average Bonchev–Trinajstić information content (AvgIpc) is 3.14. The van der Waals surface area contributed by atoms with Gasteiger partial charge in [-0.2, -0.15) is 5.10 Å². The Bertz CT molecular complexity index is 805. The van der Waals surface area contributed by atoms with Crippen LogP contribution < -0.4 is 0 Å². The molecule has 2 aromatic heterocycles. The van der Waals surface area contributed by atoms with Gasteiger partial charge in [0.2, 0.25) is 0 Å². The second-order valence-corrected chi connectivity index (χ2v) is 4.65. The summed E-state index contributed by atoms with van der Waals surface area (Å²) in [5.74, 6) is -0.376. The lowest BCUT2D eigenvalue weighted by atomic mass is 10.2. The first-order valence-corrected chi connectivity index (χ1v) is 9.78. The Morgan fingerprint density at radius 3 is 2.33 bits per heavy atom. The summed E-state index contributed by atoms with van der Waals surface area (Å²) in [6, 6.07) is 11.3. The molecule has 0 saturated heterocycles. The zero-order valence-corrected chi connectivity index (χ0v) is 17.9. The predicted octanol–water partition coefficient (Wildman–Crippen LogP) is 5.98. The van der Waals surface area contributed by atoms with Crippen LogP contribution in [0.4, 0.5) is 0 Å². The summed E-state index contributed by atoms with van der Waals surface area (Å²) >= 11 is 0. The number of nitrogens with zero attached hydrogens (tertiary/aromatic N) is 3. The first-order valence-electron chi connectivity index (χ1n) is 9.78. The molecular formula is C22H33N3O2. The number of benzene rings is 1. The summed E-state index contributed by atoms with van der Waals surface area (Å²) in [7, 11) is 0. The third kappa shape index (κ3) is 6.20. The topological polar surface area (TPSA) is 57.0 Å². The minimum Gasteiger partial charge on any atom is -0.461 e. The summed E-state index contributed by atoms with van der Waals surface area (Å²) in [4.78, 5) is 16.4. The molecular weight excluding hydrogens is 338 g/mol. The molecule has 0 radical (unpaired) electrons. The molecule has 0 spiro atoms. The van der Waals surface area contributed by atoms with Crippen LogP contribution in [-0.4, -0.2) is 27.3 Å². The van der Waals surface area contributed by atoms with Crippen LogP contribution >= 0.6 is 0 Å². The molecule has 0 aliphatic carbocycles. The van der Waals surface area contributed by atoms with Crippen molar-refractivity contribution in [3.63, 3.8) is 0 Å². The summed E-state index contributed by atoms with van der Waals surface area (Å²) in [5, 5.41) is 5.36. The molecule has 148 valence electrons. The Kier molecular flexibility index (Phi) is 12.2. The lowest BCUT2D eigenvalue weighted by molar-refractivity contribution is 0.0516. The van der Waals surface area contributed by atoms with E-state index in [-0.39, 0.29) is 5.97 Å². The highest BCUT2D eigenvalue weighted by Crippen LogP contribution is 2.22. The van der Waals surface area contributed by atoms with Crippen LogP contribution in [0.1, 0.15) is 64.6 Å². The van der Waals surface area contributed by atoms with Gasteiger partial charge in [0.25, 0.3) is 0 Å². The van der Waals surface area contributed by atoms with E-state index in [1.165, 1.54) is 0 Å². The number of carbonyl (C=O) groups excluding carboxylic acids is 1. The van der Waals surface area contributed by atoms with Crippen LogP contribution in [0.5, 0.6) is 0 Å². The minimum atomic E-state index is -0.376. The SMILES string of the molecule is CC.CC.CC.CCOC(=O)c1cc(C)nn1-c1cccc2ncccc12. The molecule has 3 aromatic rings. The molecule has 2 heterocycles. The number of aromatic nitrogens is 3. The summed E-state index contributed by atoms with van der Waals surface area (Å²) in [6.45, 7) is 16.0. The highest BCUT2D eigenvalue weighted by atomic mass is 16.5. The molecule has 1 aromatic carbocycles. The van der Waals surface area contributed by atoms with Gasteiger partial charge in [0.1, 0.15) is 0 Å². The van der Waals surface area contributed by atoms with Crippen molar-refractivity contribution in [3.8, 4) is 5.69 Å². The van der Waals surface area contributed by atoms with E-state index in [0.29, 0.717) is 12.3 Å². The number of fused-ring (bicyclic) bond motifs is 1. The molecule has 5 heteroatoms. The molecule has 0 saturated carbocycles. The Balaban J connectivity index is 0.00000103. The Labute approximate surface area is 163 Å². The van der Waals surface area contributed by atoms with Crippen molar-refractivity contribution in [2.75, 3.05) is 6.61 Å². The average molecular weight is 372 g/mol. The van der Waals surface area contributed by atoms with Crippen molar-refractivity contribution in [2.24, 2.45) is 0 Å². The number of esters is 1. The predicted molar refractivity (Wildman–Crippen MR) is 114 cm³/mol. The second-order valence-electron chi connectivity index (χ2n) is 4.65. The van der Waals surface area contributed by atoms with Crippen molar-refractivity contribution in [2.45, 2.75) is 55.4 Å². The van der Waals surface area contributed by atoms with Crippen LogP contribution in [0.3, 0.4) is 0 Å². The standard InChI is InChI=1S/C16H15N3O2.3C2H6/c1-3-21-16(20)15-10-11(2)18-19(15)14-8-4-7-13-12(14)6-5-9-17-13;3*1-2/h4-10H,3H2,1-2H3;3*1-2H3. The molecule has 0 aliphatic rings. The quantitative estimate of drug-likeness (QED) is 0.531. The Hall–Kier alpha value is -2.69. The molecule has 0 N–H and O–H groups in total. The van der Waals surface area contributed by atoms with Crippen molar-refractivity contribution in [3.05, 3.63) is 54.0 Å². The minimum absolute atomic E-state index is 0.333. The number of hydrogen-bond acceptors (Lipinski definition) is 4. The zero-order chi connectivity index (χ0) is 20.8. The van der Waals surface area contributed by atoms with E-state index >= 15 is 0 Å². The molecule has 27 heavy (non-hydrogen) atoms. The van der Waals surface area contributed by atoms with E-state index in [1.54, 1.807) is 23.9 Å². The summed E-state index contributed by atoms with van der Waals surface area (Å²) < 4.78 is 6.72. The normalized spacial score (nSPS) is 9.04. The maximum atomic E-state index is 12.1. The van der Waals surface area contributed by atoms with Crippen molar-refractivity contribution < 1.29 is 9.53 Å². The van der Waals surface area contributed by atoms with Gasteiger partial charge >= 0.3 is 5.97 Å². The molecule has 0 bridgehead atoms. The number of rotatable bonds is 3. The van der Waals surface area contributed by atoms with Crippen molar-refractivity contribution in [1.29, 1.82) is 0 Å². The maximum absolute atomic E-state index is 12.1. The van der Waals surface area contributed by atoms with Gasteiger partial charge < -0.3 is 4.74 Å². The van der Waals surface area contributed by atoms with Crippen LogP contribution in [0.25, 0.3) is 16.6 Å². The van der Waals surface area contributed by atoms with E-state index < -0.39 is 0 Å². The highest BCUT2D eigenvalue weighted by Gasteiger charge is 2.17. The maximum Gasteiger partial charge on any atom is 0.357 e. The Morgan fingerprint density at radius 2 is 1.70 bits per heavy atom. The van der Waals surface area contributed by atoms with Crippen molar-refractivity contribution in [1.82, 2.24) is 14.8 Å². The van der Waals surface area contributed by atoms with Gasteiger partial charge in [-0.05, 0) is 44.2 Å². The van der Waals surface area contributed by atoms with Gasteiger partial charge in [0, 0.05) is 11.6 Å². The van der Waals surface area contributed by atoms with Gasteiger partial charge in [-0.3, -0.25) is 4.98 Å². The first-order chi connectivity index (χ1) is 13.2. The number of carbonyl (C=O) groups is 1. The van der Waals surface area contributed by atoms with E-state index in [1.807, 2.05) is 78.8 Å². The van der Waals surface area contributed by atoms with E-state index in [9.17, 15) is 4.79 Å². The summed E-state index contributed by atoms with van der Waals surface area (Å²) in [6.07, 6.45) is 1.74. The number of ether oxygens (including phenoxy) is 1. The lowest BCUT2D eigenvalue weighted by Crippen LogP contribution is -2.12. The highest BCUT2D eigenvalue weighted by molar-refractivity contribution is 5.92. The molecule has 0 fully saturated rings. The smallest absolute Gasteiger partial charge is 0.357 e. The van der Waals surface area contributed by atoms with Gasteiger partial charge in [-0.1, -0.05) is 47.6 Å². The van der Waals surface area contributed by atoms with Crippen molar-refractivity contribution >= 4 is 16.9 Å². The summed E-state index contributed by atoms with van der Waals surface area (Å²) in [5.41, 5.74) is 2.86. The van der Waals surface area contributed by atoms with E-state index in [4.69, 9.17) is 4.74 Å². The molecule has 3 rings (SSSR count). The lowest BCUT2D eigenvalue weighted by Gasteiger charge is -2.09. The van der Waals surface area contributed by atoms with Crippen LogP contribution in [0.2, 0.25) is 0 Å². The van der Waals surface area contributed by atoms with E-state index in [2.05, 4.69) is 10.1 Å². The number of aryl methyl sites for hydroxylation is 1. The second kappa shape index (κ2) is 13.5. The van der Waals surface area contributed by atoms with Gasteiger partial charge in [0.15, 0.2) is 5.69 Å². The number of hydrogen-bond donors (Lipinski definition) is 0. The monoisotopic (exact) mass is 371 g/mol. The van der Waals surface area contributed by atoms with Gasteiger partial charge in [-0.25, -0.2) is 9.48 Å². The Morgan fingerprint density at radius 1 is 1.04 bits per heavy atom. The first kappa shape index (κ1) is 24.3. The van der Waals surface area contributed by atoms with Crippen LogP contribution in [0.15, 0.2) is 42.6 Å². The fourth-order valence-corrected chi connectivity index (χ4v) is 2.31. The molecule has 5 nitrogen and oxygen atoms in total. The van der Waals surface area contributed by atoms with Crippen LogP contribution in [0, 0.1) is 6.92 Å². The molecule has 0 unspecified atom stereocenters.